The predicted octanol–water partition coefficient (Wildman–Crippen LogP) is 4.18. The summed E-state index contributed by atoms with van der Waals surface area (Å²) in [4.78, 5) is 23.4. The Morgan fingerprint density at radius 1 is 1.27 bits per heavy atom. The maximum atomic E-state index is 13.1. The molecule has 3 rings (SSSR count). The summed E-state index contributed by atoms with van der Waals surface area (Å²) in [6, 6.07) is 9.59. The van der Waals surface area contributed by atoms with Gasteiger partial charge in [0.1, 0.15) is 17.8 Å². The fraction of sp³-hybridized carbons (Fsp3) is 0.250. The van der Waals surface area contributed by atoms with E-state index in [1.54, 1.807) is 18.2 Å². The molecule has 1 N–H and O–H groups in total. The van der Waals surface area contributed by atoms with E-state index in [0.717, 1.165) is 11.1 Å². The summed E-state index contributed by atoms with van der Waals surface area (Å²) >= 11 is 4.74. The number of carbonyl (C=O) groups is 2. The molecular formula is C20H19BrFN3O4S. The molecule has 7 nitrogen and oxygen atoms in total. The summed E-state index contributed by atoms with van der Waals surface area (Å²) < 4.78 is 25.1. The number of carbonyl (C=O) groups excluding carboxylic acids is 2. The van der Waals surface area contributed by atoms with Crippen LogP contribution in [0.1, 0.15) is 30.3 Å². The Labute approximate surface area is 185 Å². The molecule has 1 unspecified atom stereocenters. The van der Waals surface area contributed by atoms with Gasteiger partial charge < -0.3 is 14.8 Å². The van der Waals surface area contributed by atoms with Gasteiger partial charge in [0.2, 0.25) is 11.8 Å². The normalized spacial score (nSPS) is 15.6. The van der Waals surface area contributed by atoms with Crippen LogP contribution in [0.25, 0.3) is 0 Å². The molecule has 0 saturated heterocycles. The minimum atomic E-state index is -0.472. The number of halogens is 2. The number of ether oxygens (including phenoxy) is 2. The molecule has 10 heteroatoms. The molecule has 0 spiro atoms. The standard InChI is InChI=1S/C20H19BrFN3O4S/c1-11(26)23-20-24-25(12(2)27)19(30-20)14-8-16(21)18(17(9-14)28-3)29-10-13-4-6-15(22)7-5-13/h4-9,19H,10H2,1-3H3,(H,23,24,26). The van der Waals surface area contributed by atoms with Gasteiger partial charge in [0.15, 0.2) is 16.7 Å². The van der Waals surface area contributed by atoms with E-state index in [-0.39, 0.29) is 24.2 Å². The van der Waals surface area contributed by atoms with E-state index in [1.165, 1.54) is 49.9 Å². The van der Waals surface area contributed by atoms with Gasteiger partial charge in [0, 0.05) is 13.8 Å². The molecule has 158 valence electrons. The molecule has 0 aliphatic carbocycles. The van der Waals surface area contributed by atoms with Gasteiger partial charge in [-0.15, -0.1) is 5.10 Å². The van der Waals surface area contributed by atoms with E-state index >= 15 is 0 Å². The van der Waals surface area contributed by atoms with E-state index in [1.807, 2.05) is 6.07 Å². The van der Waals surface area contributed by atoms with E-state index in [4.69, 9.17) is 9.47 Å². The van der Waals surface area contributed by atoms with Crippen LogP contribution in [-0.2, 0) is 16.2 Å². The van der Waals surface area contributed by atoms with Crippen LogP contribution in [-0.4, -0.2) is 29.1 Å². The average molecular weight is 496 g/mol. The van der Waals surface area contributed by atoms with Crippen molar-refractivity contribution in [1.82, 2.24) is 10.3 Å². The molecule has 0 saturated carbocycles. The first kappa shape index (κ1) is 22.1. The molecular weight excluding hydrogens is 477 g/mol. The van der Waals surface area contributed by atoms with Crippen LogP contribution in [0.2, 0.25) is 0 Å². The molecule has 1 heterocycles. The maximum Gasteiger partial charge on any atom is 0.241 e. The minimum Gasteiger partial charge on any atom is -0.493 e. The molecule has 1 atom stereocenters. The lowest BCUT2D eigenvalue weighted by molar-refractivity contribution is -0.129. The number of nitrogens with zero attached hydrogens (tertiary/aromatic N) is 2. The zero-order valence-electron chi connectivity index (χ0n) is 16.4. The molecule has 0 fully saturated rings. The molecule has 0 bridgehead atoms. The van der Waals surface area contributed by atoms with Crippen LogP contribution in [0, 0.1) is 5.82 Å². The highest BCUT2D eigenvalue weighted by Crippen LogP contribution is 2.44. The number of benzene rings is 2. The summed E-state index contributed by atoms with van der Waals surface area (Å²) in [6.45, 7) is 3.00. The van der Waals surface area contributed by atoms with E-state index in [9.17, 15) is 14.0 Å². The molecule has 0 aromatic heterocycles. The van der Waals surface area contributed by atoms with Crippen LogP contribution in [0.15, 0.2) is 46.0 Å². The first-order chi connectivity index (χ1) is 14.3. The first-order valence-corrected chi connectivity index (χ1v) is 10.5. The monoisotopic (exact) mass is 495 g/mol. The van der Waals surface area contributed by atoms with Gasteiger partial charge in [-0.3, -0.25) is 9.59 Å². The molecule has 1 aliphatic rings. The Hall–Kier alpha value is -2.59. The number of hydrogen-bond donors (Lipinski definition) is 1. The molecule has 2 aromatic rings. The lowest BCUT2D eigenvalue weighted by Gasteiger charge is -2.21. The first-order valence-electron chi connectivity index (χ1n) is 8.85. The SMILES string of the molecule is COc1cc(C2SC(NC(C)=O)=NN2C(C)=O)cc(Br)c1OCc1ccc(F)cc1. The van der Waals surface area contributed by atoms with Crippen LogP contribution in [0.5, 0.6) is 11.5 Å². The topological polar surface area (TPSA) is 80.2 Å². The highest BCUT2D eigenvalue weighted by molar-refractivity contribution is 9.10. The fourth-order valence-corrected chi connectivity index (χ4v) is 4.43. The maximum absolute atomic E-state index is 13.1. The van der Waals surface area contributed by atoms with Gasteiger partial charge >= 0.3 is 0 Å². The average Bonchev–Trinajstić information content (AvgIpc) is 3.11. The number of hydrazone groups is 1. The van der Waals surface area contributed by atoms with Crippen molar-refractivity contribution in [2.45, 2.75) is 25.8 Å². The fourth-order valence-electron chi connectivity index (χ4n) is 2.74. The number of rotatable bonds is 5. The van der Waals surface area contributed by atoms with Crippen LogP contribution in [0.3, 0.4) is 0 Å². The molecule has 2 amide bonds. The summed E-state index contributed by atoms with van der Waals surface area (Å²) in [6.07, 6.45) is 0. The molecule has 2 aromatic carbocycles. The molecule has 30 heavy (non-hydrogen) atoms. The van der Waals surface area contributed by atoms with Crippen LogP contribution < -0.4 is 14.8 Å². The quantitative estimate of drug-likeness (QED) is 0.672. The zero-order chi connectivity index (χ0) is 21.8. The molecule has 1 aliphatic heterocycles. The number of amides is 2. The van der Waals surface area contributed by atoms with Crippen molar-refractivity contribution in [2.24, 2.45) is 5.10 Å². The summed E-state index contributed by atoms with van der Waals surface area (Å²) in [5.41, 5.74) is 1.54. The van der Waals surface area contributed by atoms with Gasteiger partial charge in [0.05, 0.1) is 11.6 Å². The second-order valence-corrected chi connectivity index (χ2v) is 8.29. The predicted molar refractivity (Wildman–Crippen MR) is 116 cm³/mol. The Kier molecular flexibility index (Phi) is 6.99. The smallest absolute Gasteiger partial charge is 0.241 e. The summed E-state index contributed by atoms with van der Waals surface area (Å²) in [5.74, 6) is 0.0876. The van der Waals surface area contributed by atoms with E-state index in [2.05, 4.69) is 26.3 Å². The van der Waals surface area contributed by atoms with Crippen molar-refractivity contribution >= 4 is 44.7 Å². The third-order valence-corrected chi connectivity index (χ3v) is 5.77. The Morgan fingerprint density at radius 2 is 1.97 bits per heavy atom. The third-order valence-electron chi connectivity index (χ3n) is 4.08. The number of nitrogens with one attached hydrogen (secondary N) is 1. The Bertz CT molecular complexity index is 1000. The van der Waals surface area contributed by atoms with Gasteiger partial charge in [-0.2, -0.15) is 0 Å². The van der Waals surface area contributed by atoms with E-state index in [0.29, 0.717) is 21.1 Å². The van der Waals surface area contributed by atoms with Crippen molar-refractivity contribution in [3.63, 3.8) is 0 Å². The van der Waals surface area contributed by atoms with Crippen molar-refractivity contribution < 1.29 is 23.5 Å². The second kappa shape index (κ2) is 9.48. The van der Waals surface area contributed by atoms with Crippen LogP contribution >= 0.6 is 27.7 Å². The summed E-state index contributed by atoms with van der Waals surface area (Å²) in [5, 5.41) is 7.97. The third kappa shape index (κ3) is 5.11. The lowest BCUT2D eigenvalue weighted by atomic mass is 10.2. The van der Waals surface area contributed by atoms with Crippen molar-refractivity contribution in [1.29, 1.82) is 0 Å². The second-order valence-electron chi connectivity index (χ2n) is 6.37. The van der Waals surface area contributed by atoms with Crippen molar-refractivity contribution in [3.05, 3.63) is 57.8 Å². The zero-order valence-corrected chi connectivity index (χ0v) is 18.8. The van der Waals surface area contributed by atoms with Gasteiger partial charge in [-0.1, -0.05) is 23.9 Å². The number of methoxy groups -OCH3 is 1. The largest absolute Gasteiger partial charge is 0.493 e. The van der Waals surface area contributed by atoms with Gasteiger partial charge in [-0.05, 0) is 51.3 Å². The Morgan fingerprint density at radius 3 is 2.57 bits per heavy atom. The van der Waals surface area contributed by atoms with Crippen molar-refractivity contribution in [3.8, 4) is 11.5 Å². The van der Waals surface area contributed by atoms with Crippen molar-refractivity contribution in [2.75, 3.05) is 7.11 Å². The van der Waals surface area contributed by atoms with Crippen LogP contribution in [0.4, 0.5) is 4.39 Å². The minimum absolute atomic E-state index is 0.224. The summed E-state index contributed by atoms with van der Waals surface area (Å²) in [7, 11) is 1.51. The highest BCUT2D eigenvalue weighted by Gasteiger charge is 2.33. The van der Waals surface area contributed by atoms with Gasteiger partial charge in [0.25, 0.3) is 0 Å². The van der Waals surface area contributed by atoms with E-state index < -0.39 is 5.37 Å². The number of thioether (sulfide) groups is 1. The number of amidine groups is 1. The highest BCUT2D eigenvalue weighted by atomic mass is 79.9. The van der Waals surface area contributed by atoms with Gasteiger partial charge in [-0.25, -0.2) is 9.40 Å². The Balaban J connectivity index is 1.84. The lowest BCUT2D eigenvalue weighted by Crippen LogP contribution is -2.25. The molecule has 0 radical (unpaired) electrons. The number of hydrogen-bond acceptors (Lipinski definition) is 6.